The molecule has 0 aliphatic carbocycles. The Hall–Kier alpha value is -2.55. The number of allylic oxidation sites excluding steroid dienone is 1. The normalized spacial score (nSPS) is 11.1. The SMILES string of the molecule is CCCCCCCCCCOc1cccc(O)c1C(=O)/C=C/c1ccc(C)cc1. The summed E-state index contributed by atoms with van der Waals surface area (Å²) < 4.78 is 5.84. The van der Waals surface area contributed by atoms with Gasteiger partial charge in [0, 0.05) is 0 Å². The summed E-state index contributed by atoms with van der Waals surface area (Å²) in [7, 11) is 0. The maximum atomic E-state index is 12.7. The summed E-state index contributed by atoms with van der Waals surface area (Å²) in [6.07, 6.45) is 13.1. The Balaban J connectivity index is 1.86. The van der Waals surface area contributed by atoms with Crippen LogP contribution in [0, 0.1) is 6.92 Å². The Kier molecular flexibility index (Phi) is 10.1. The van der Waals surface area contributed by atoms with Crippen molar-refractivity contribution in [2.24, 2.45) is 0 Å². The zero-order chi connectivity index (χ0) is 20.9. The zero-order valence-corrected chi connectivity index (χ0v) is 17.8. The van der Waals surface area contributed by atoms with Crippen molar-refractivity contribution < 1.29 is 14.6 Å². The van der Waals surface area contributed by atoms with Crippen molar-refractivity contribution in [1.29, 1.82) is 0 Å². The number of ketones is 1. The molecule has 0 atom stereocenters. The largest absolute Gasteiger partial charge is 0.507 e. The molecule has 1 N–H and O–H groups in total. The summed E-state index contributed by atoms with van der Waals surface area (Å²) in [5, 5.41) is 10.2. The number of aryl methyl sites for hydroxylation is 1. The summed E-state index contributed by atoms with van der Waals surface area (Å²) in [5.41, 5.74) is 2.35. The second-order valence-corrected chi connectivity index (χ2v) is 7.58. The summed E-state index contributed by atoms with van der Waals surface area (Å²) in [4.78, 5) is 12.7. The molecule has 2 aromatic rings. The summed E-state index contributed by atoms with van der Waals surface area (Å²) in [6.45, 7) is 4.81. The molecule has 0 bridgehead atoms. The van der Waals surface area contributed by atoms with E-state index in [1.807, 2.05) is 31.2 Å². The fourth-order valence-electron chi connectivity index (χ4n) is 3.24. The number of rotatable bonds is 13. The lowest BCUT2D eigenvalue weighted by molar-refractivity contribution is 0.104. The fraction of sp³-hybridized carbons (Fsp3) is 0.423. The zero-order valence-electron chi connectivity index (χ0n) is 17.8. The van der Waals surface area contributed by atoms with Gasteiger partial charge in [0.05, 0.1) is 6.61 Å². The molecule has 0 aliphatic heterocycles. The van der Waals surface area contributed by atoms with Crippen LogP contribution in [0.15, 0.2) is 48.5 Å². The van der Waals surface area contributed by atoms with E-state index in [1.165, 1.54) is 56.2 Å². The second-order valence-electron chi connectivity index (χ2n) is 7.58. The fourth-order valence-corrected chi connectivity index (χ4v) is 3.24. The van der Waals surface area contributed by atoms with Gasteiger partial charge in [-0.3, -0.25) is 4.79 Å². The maximum Gasteiger partial charge on any atom is 0.193 e. The molecule has 0 spiro atoms. The number of benzene rings is 2. The first-order valence-corrected chi connectivity index (χ1v) is 10.9. The molecule has 156 valence electrons. The topological polar surface area (TPSA) is 46.5 Å². The highest BCUT2D eigenvalue weighted by atomic mass is 16.5. The van der Waals surface area contributed by atoms with Crippen molar-refractivity contribution in [3.63, 3.8) is 0 Å². The van der Waals surface area contributed by atoms with Gasteiger partial charge >= 0.3 is 0 Å². The standard InChI is InChI=1S/C26H34O3/c1-3-4-5-6-7-8-9-10-20-29-25-13-11-12-23(27)26(25)24(28)19-18-22-16-14-21(2)15-17-22/h11-19,27H,3-10,20H2,1-2H3/b19-18+. The minimum absolute atomic E-state index is 0.0445. The Bertz CT molecular complexity index is 775. The average molecular weight is 395 g/mol. The highest BCUT2D eigenvalue weighted by Gasteiger charge is 2.15. The van der Waals surface area contributed by atoms with E-state index in [4.69, 9.17) is 4.74 Å². The van der Waals surface area contributed by atoms with Crippen LogP contribution in [0.4, 0.5) is 0 Å². The molecule has 29 heavy (non-hydrogen) atoms. The first kappa shape index (κ1) is 22.7. The van der Waals surface area contributed by atoms with Gasteiger partial charge in [0.15, 0.2) is 5.78 Å². The average Bonchev–Trinajstić information content (AvgIpc) is 2.72. The molecule has 0 fully saturated rings. The first-order chi connectivity index (χ1) is 14.1. The second kappa shape index (κ2) is 12.8. The van der Waals surface area contributed by atoms with Crippen molar-refractivity contribution in [1.82, 2.24) is 0 Å². The molecule has 0 amide bonds. The van der Waals surface area contributed by atoms with Crippen LogP contribution >= 0.6 is 0 Å². The van der Waals surface area contributed by atoms with E-state index in [-0.39, 0.29) is 17.1 Å². The van der Waals surface area contributed by atoms with E-state index in [2.05, 4.69) is 6.92 Å². The van der Waals surface area contributed by atoms with Crippen molar-refractivity contribution >= 4 is 11.9 Å². The molecule has 3 nitrogen and oxygen atoms in total. The number of phenols is 1. The number of hydrogen-bond donors (Lipinski definition) is 1. The van der Waals surface area contributed by atoms with Gasteiger partial charge in [-0.1, -0.05) is 93.8 Å². The Labute approximate surface area is 175 Å². The Morgan fingerprint density at radius 3 is 2.28 bits per heavy atom. The van der Waals surface area contributed by atoms with Gasteiger partial charge in [-0.05, 0) is 37.1 Å². The number of aromatic hydroxyl groups is 1. The monoisotopic (exact) mass is 394 g/mol. The molecule has 0 aliphatic rings. The van der Waals surface area contributed by atoms with Crippen LogP contribution in [0.1, 0.15) is 79.8 Å². The van der Waals surface area contributed by atoms with E-state index in [9.17, 15) is 9.90 Å². The van der Waals surface area contributed by atoms with E-state index in [1.54, 1.807) is 18.2 Å². The minimum atomic E-state index is -0.255. The molecule has 0 saturated heterocycles. The number of unbranched alkanes of at least 4 members (excludes halogenated alkanes) is 7. The van der Waals surface area contributed by atoms with Crippen LogP contribution in [0.3, 0.4) is 0 Å². The summed E-state index contributed by atoms with van der Waals surface area (Å²) in [5.74, 6) is 0.151. The summed E-state index contributed by atoms with van der Waals surface area (Å²) in [6, 6.07) is 12.9. The number of carbonyl (C=O) groups is 1. The van der Waals surface area contributed by atoms with E-state index in [0.29, 0.717) is 12.4 Å². The molecule has 0 radical (unpaired) electrons. The minimum Gasteiger partial charge on any atom is -0.507 e. The highest BCUT2D eigenvalue weighted by Crippen LogP contribution is 2.29. The highest BCUT2D eigenvalue weighted by molar-refractivity contribution is 6.10. The maximum absolute atomic E-state index is 12.7. The van der Waals surface area contributed by atoms with Crippen molar-refractivity contribution in [3.8, 4) is 11.5 Å². The van der Waals surface area contributed by atoms with Gasteiger partial charge in [-0.2, -0.15) is 0 Å². The van der Waals surface area contributed by atoms with E-state index in [0.717, 1.165) is 18.4 Å². The third-order valence-corrected chi connectivity index (χ3v) is 5.01. The van der Waals surface area contributed by atoms with Gasteiger partial charge in [0.2, 0.25) is 0 Å². The quantitative estimate of drug-likeness (QED) is 0.223. The molecule has 2 rings (SSSR count). The Morgan fingerprint density at radius 2 is 1.59 bits per heavy atom. The van der Waals surface area contributed by atoms with Crippen molar-refractivity contribution in [2.75, 3.05) is 6.61 Å². The molecule has 0 heterocycles. The van der Waals surface area contributed by atoms with Crippen LogP contribution in [0.5, 0.6) is 11.5 Å². The van der Waals surface area contributed by atoms with Crippen LogP contribution in [0.25, 0.3) is 6.08 Å². The lowest BCUT2D eigenvalue weighted by atomic mass is 10.1. The van der Waals surface area contributed by atoms with Crippen LogP contribution in [-0.2, 0) is 0 Å². The predicted molar refractivity (Wildman–Crippen MR) is 121 cm³/mol. The number of ether oxygens (including phenoxy) is 1. The van der Waals surface area contributed by atoms with Gasteiger partial charge in [0.25, 0.3) is 0 Å². The van der Waals surface area contributed by atoms with Gasteiger partial charge in [-0.15, -0.1) is 0 Å². The number of carbonyl (C=O) groups excluding carboxylic acids is 1. The predicted octanol–water partition coefficient (Wildman–Crippen LogP) is 7.12. The first-order valence-electron chi connectivity index (χ1n) is 10.9. The summed E-state index contributed by atoms with van der Waals surface area (Å²) >= 11 is 0. The van der Waals surface area contributed by atoms with Crippen LogP contribution in [-0.4, -0.2) is 17.5 Å². The smallest absolute Gasteiger partial charge is 0.193 e. The Morgan fingerprint density at radius 1 is 0.931 bits per heavy atom. The van der Waals surface area contributed by atoms with Crippen LogP contribution in [0.2, 0.25) is 0 Å². The molecule has 0 unspecified atom stereocenters. The third kappa shape index (κ3) is 8.15. The number of hydrogen-bond acceptors (Lipinski definition) is 3. The van der Waals surface area contributed by atoms with E-state index < -0.39 is 0 Å². The lowest BCUT2D eigenvalue weighted by Crippen LogP contribution is -2.04. The van der Waals surface area contributed by atoms with Gasteiger partial charge in [0.1, 0.15) is 17.1 Å². The molecular weight excluding hydrogens is 360 g/mol. The molecule has 0 aromatic heterocycles. The van der Waals surface area contributed by atoms with Gasteiger partial charge in [-0.25, -0.2) is 0 Å². The molecular formula is C26H34O3. The molecule has 3 heteroatoms. The van der Waals surface area contributed by atoms with Crippen LogP contribution < -0.4 is 4.74 Å². The molecule has 0 saturated carbocycles. The third-order valence-electron chi connectivity index (χ3n) is 5.01. The lowest BCUT2D eigenvalue weighted by Gasteiger charge is -2.11. The number of phenolic OH excluding ortho intramolecular Hbond substituents is 1. The van der Waals surface area contributed by atoms with Crippen molar-refractivity contribution in [3.05, 3.63) is 65.2 Å². The van der Waals surface area contributed by atoms with E-state index >= 15 is 0 Å². The molecule has 2 aromatic carbocycles. The van der Waals surface area contributed by atoms with Gasteiger partial charge < -0.3 is 9.84 Å². The van der Waals surface area contributed by atoms with Crippen molar-refractivity contribution in [2.45, 2.75) is 65.2 Å².